The second-order valence-corrected chi connectivity index (χ2v) is 5.42. The average molecular weight is 324 g/mol. The summed E-state index contributed by atoms with van der Waals surface area (Å²) in [6, 6.07) is 10.5. The van der Waals surface area contributed by atoms with Gasteiger partial charge in [0.15, 0.2) is 5.11 Å². The molecule has 21 heavy (non-hydrogen) atoms. The van der Waals surface area contributed by atoms with Gasteiger partial charge < -0.3 is 10.6 Å². The Labute approximate surface area is 133 Å². The van der Waals surface area contributed by atoms with Crippen LogP contribution in [-0.2, 0) is 0 Å². The number of aromatic nitrogens is 1. The summed E-state index contributed by atoms with van der Waals surface area (Å²) >= 11 is 10.9. The van der Waals surface area contributed by atoms with E-state index in [1.54, 1.807) is 30.5 Å². The quantitative estimate of drug-likeness (QED) is 0.833. The van der Waals surface area contributed by atoms with E-state index < -0.39 is 6.17 Å². The second kappa shape index (κ2) is 7.33. The van der Waals surface area contributed by atoms with E-state index in [2.05, 4.69) is 15.6 Å². The first kappa shape index (κ1) is 15.7. The number of hydrogen-bond donors (Lipinski definition) is 2. The topological polar surface area (TPSA) is 37.0 Å². The highest BCUT2D eigenvalue weighted by atomic mass is 35.5. The Morgan fingerprint density at radius 3 is 2.86 bits per heavy atom. The molecular formula is C15H15ClFN3S. The molecule has 1 aromatic carbocycles. The van der Waals surface area contributed by atoms with Crippen molar-refractivity contribution in [1.82, 2.24) is 10.3 Å². The van der Waals surface area contributed by atoms with Crippen molar-refractivity contribution in [3.8, 4) is 0 Å². The van der Waals surface area contributed by atoms with E-state index in [4.69, 9.17) is 23.8 Å². The smallest absolute Gasteiger partial charge is 0.172 e. The first-order valence-electron chi connectivity index (χ1n) is 6.41. The van der Waals surface area contributed by atoms with Gasteiger partial charge in [0.2, 0.25) is 0 Å². The predicted molar refractivity (Wildman–Crippen MR) is 88.5 cm³/mol. The van der Waals surface area contributed by atoms with Gasteiger partial charge in [-0.25, -0.2) is 9.37 Å². The van der Waals surface area contributed by atoms with Crippen LogP contribution >= 0.6 is 23.8 Å². The number of halogens is 2. The van der Waals surface area contributed by atoms with Crippen LogP contribution in [0, 0.1) is 6.92 Å². The summed E-state index contributed by atoms with van der Waals surface area (Å²) in [6.45, 7) is 2.02. The summed E-state index contributed by atoms with van der Waals surface area (Å²) in [4.78, 5) is 4.17. The lowest BCUT2D eigenvalue weighted by atomic mass is 10.1. The van der Waals surface area contributed by atoms with Gasteiger partial charge >= 0.3 is 0 Å². The van der Waals surface area contributed by atoms with Crippen LogP contribution in [0.4, 0.5) is 10.2 Å². The van der Waals surface area contributed by atoms with Gasteiger partial charge in [-0.05, 0) is 48.5 Å². The molecule has 2 N–H and O–H groups in total. The third-order valence-electron chi connectivity index (χ3n) is 2.81. The third kappa shape index (κ3) is 4.95. The van der Waals surface area contributed by atoms with E-state index >= 15 is 0 Å². The van der Waals surface area contributed by atoms with Crippen molar-refractivity contribution in [2.24, 2.45) is 0 Å². The standard InChI is InChI=1S/C15H15ClFN3S/c1-10-5-6-14(18-8-10)20-15(21)19-9-13(17)11-3-2-4-12(16)7-11/h2-8,13H,9H2,1H3,(H2,18,19,20,21). The van der Waals surface area contributed by atoms with Crippen LogP contribution in [0.2, 0.25) is 5.02 Å². The Morgan fingerprint density at radius 1 is 1.38 bits per heavy atom. The molecule has 0 spiro atoms. The van der Waals surface area contributed by atoms with Gasteiger partial charge in [0.25, 0.3) is 0 Å². The number of nitrogens with zero attached hydrogens (tertiary/aromatic N) is 1. The van der Waals surface area contributed by atoms with Crippen molar-refractivity contribution in [1.29, 1.82) is 0 Å². The lowest BCUT2D eigenvalue weighted by molar-refractivity contribution is 0.343. The van der Waals surface area contributed by atoms with Gasteiger partial charge in [0.05, 0.1) is 6.54 Å². The highest BCUT2D eigenvalue weighted by Crippen LogP contribution is 2.20. The monoisotopic (exact) mass is 323 g/mol. The number of alkyl halides is 1. The van der Waals surface area contributed by atoms with Crippen molar-refractivity contribution < 1.29 is 4.39 Å². The molecule has 0 amide bonds. The molecule has 1 aromatic heterocycles. The minimum absolute atomic E-state index is 0.0675. The average Bonchev–Trinajstić information content (AvgIpc) is 2.47. The van der Waals surface area contributed by atoms with Crippen molar-refractivity contribution in [2.75, 3.05) is 11.9 Å². The van der Waals surface area contributed by atoms with Gasteiger partial charge in [-0.15, -0.1) is 0 Å². The number of pyridine rings is 1. The van der Waals surface area contributed by atoms with Crippen LogP contribution in [-0.4, -0.2) is 16.6 Å². The minimum atomic E-state index is -1.19. The molecule has 0 saturated carbocycles. The van der Waals surface area contributed by atoms with Gasteiger partial charge in [0, 0.05) is 11.2 Å². The number of nitrogens with one attached hydrogen (secondary N) is 2. The highest BCUT2D eigenvalue weighted by molar-refractivity contribution is 7.80. The first-order chi connectivity index (χ1) is 10.0. The normalized spacial score (nSPS) is 11.8. The Hall–Kier alpha value is -1.72. The lowest BCUT2D eigenvalue weighted by Crippen LogP contribution is -2.31. The molecule has 110 valence electrons. The van der Waals surface area contributed by atoms with Gasteiger partial charge in [-0.1, -0.05) is 29.8 Å². The Kier molecular flexibility index (Phi) is 5.47. The minimum Gasteiger partial charge on any atom is -0.359 e. The fraction of sp³-hybridized carbons (Fsp3) is 0.200. The van der Waals surface area contributed by atoms with Crippen LogP contribution in [0.3, 0.4) is 0 Å². The number of hydrogen-bond acceptors (Lipinski definition) is 2. The van der Waals surface area contributed by atoms with Crippen LogP contribution in [0.1, 0.15) is 17.3 Å². The van der Waals surface area contributed by atoms with E-state index in [0.29, 0.717) is 21.5 Å². The summed E-state index contributed by atoms with van der Waals surface area (Å²) in [6.07, 6.45) is 0.545. The zero-order valence-corrected chi connectivity index (χ0v) is 13.0. The zero-order chi connectivity index (χ0) is 15.2. The van der Waals surface area contributed by atoms with Crippen LogP contribution in [0.15, 0.2) is 42.6 Å². The van der Waals surface area contributed by atoms with Crippen molar-refractivity contribution >= 4 is 34.7 Å². The fourth-order valence-corrected chi connectivity index (χ4v) is 2.09. The number of thiocarbonyl (C=S) groups is 1. The van der Waals surface area contributed by atoms with Crippen molar-refractivity contribution in [3.05, 3.63) is 58.7 Å². The molecule has 0 saturated heterocycles. The van der Waals surface area contributed by atoms with Crippen molar-refractivity contribution in [2.45, 2.75) is 13.1 Å². The molecule has 0 fully saturated rings. The van der Waals surface area contributed by atoms with Crippen LogP contribution in [0.25, 0.3) is 0 Å². The molecule has 1 unspecified atom stereocenters. The van der Waals surface area contributed by atoms with Crippen LogP contribution < -0.4 is 10.6 Å². The van der Waals surface area contributed by atoms with E-state index in [1.807, 2.05) is 19.1 Å². The summed E-state index contributed by atoms with van der Waals surface area (Å²) < 4.78 is 14.0. The maximum absolute atomic E-state index is 14.0. The first-order valence-corrected chi connectivity index (χ1v) is 7.20. The van der Waals surface area contributed by atoms with Gasteiger partial charge in [0.1, 0.15) is 12.0 Å². The predicted octanol–water partition coefficient (Wildman–Crippen LogP) is 4.04. The fourth-order valence-electron chi connectivity index (χ4n) is 1.70. The highest BCUT2D eigenvalue weighted by Gasteiger charge is 2.10. The molecule has 0 radical (unpaired) electrons. The molecule has 0 aliphatic carbocycles. The molecule has 1 atom stereocenters. The molecule has 3 nitrogen and oxygen atoms in total. The molecule has 0 aliphatic heterocycles. The summed E-state index contributed by atoms with van der Waals surface area (Å²) in [5.41, 5.74) is 1.58. The SMILES string of the molecule is Cc1ccc(NC(=S)NCC(F)c2cccc(Cl)c2)nc1. The summed E-state index contributed by atoms with van der Waals surface area (Å²) in [5.74, 6) is 0.622. The van der Waals surface area contributed by atoms with Gasteiger partial charge in [-0.2, -0.15) is 0 Å². The lowest BCUT2D eigenvalue weighted by Gasteiger charge is -2.13. The molecule has 1 heterocycles. The molecule has 2 aromatic rings. The molecule has 0 bridgehead atoms. The Morgan fingerprint density at radius 2 is 2.19 bits per heavy atom. The van der Waals surface area contributed by atoms with E-state index in [-0.39, 0.29) is 6.54 Å². The maximum Gasteiger partial charge on any atom is 0.172 e. The van der Waals surface area contributed by atoms with Gasteiger partial charge in [-0.3, -0.25) is 0 Å². The number of anilines is 1. The van der Waals surface area contributed by atoms with Crippen molar-refractivity contribution in [3.63, 3.8) is 0 Å². The molecular weight excluding hydrogens is 309 g/mol. The maximum atomic E-state index is 14.0. The van der Waals surface area contributed by atoms with E-state index in [9.17, 15) is 4.39 Å². The number of benzene rings is 1. The zero-order valence-electron chi connectivity index (χ0n) is 11.4. The second-order valence-electron chi connectivity index (χ2n) is 4.58. The van der Waals surface area contributed by atoms with E-state index in [1.165, 1.54) is 0 Å². The van der Waals surface area contributed by atoms with Crippen LogP contribution in [0.5, 0.6) is 0 Å². The third-order valence-corrected chi connectivity index (χ3v) is 3.29. The Balaban J connectivity index is 1.84. The largest absolute Gasteiger partial charge is 0.359 e. The summed E-state index contributed by atoms with van der Waals surface area (Å²) in [7, 11) is 0. The molecule has 6 heteroatoms. The molecule has 2 rings (SSSR count). The van der Waals surface area contributed by atoms with E-state index in [0.717, 1.165) is 5.56 Å². The number of aryl methyl sites for hydroxylation is 1. The molecule has 0 aliphatic rings. The number of rotatable bonds is 4. The Bertz CT molecular complexity index is 619. The summed E-state index contributed by atoms with van der Waals surface area (Å²) in [5, 5.41) is 6.57.